The molecule has 3 aromatic carbocycles. The summed E-state index contributed by atoms with van der Waals surface area (Å²) in [7, 11) is 3.12. The van der Waals surface area contributed by atoms with Crippen LogP contribution in [-0.2, 0) is 0 Å². The Morgan fingerprint density at radius 1 is 0.935 bits per heavy atom. The zero-order valence-electron chi connectivity index (χ0n) is 17.5. The van der Waals surface area contributed by atoms with Crippen molar-refractivity contribution in [3.8, 4) is 28.4 Å². The van der Waals surface area contributed by atoms with Gasteiger partial charge in [-0.05, 0) is 43.3 Å². The van der Waals surface area contributed by atoms with Gasteiger partial charge in [-0.15, -0.1) is 5.10 Å². The second kappa shape index (κ2) is 8.71. The molecule has 1 N–H and O–H groups in total. The fourth-order valence-corrected chi connectivity index (χ4v) is 3.21. The number of hydrogen-bond donors (Lipinski definition) is 1. The van der Waals surface area contributed by atoms with Gasteiger partial charge in [-0.2, -0.15) is 0 Å². The highest BCUT2D eigenvalue weighted by Crippen LogP contribution is 2.29. The van der Waals surface area contributed by atoms with Crippen molar-refractivity contribution in [2.45, 2.75) is 6.92 Å². The van der Waals surface area contributed by atoms with Gasteiger partial charge in [0.25, 0.3) is 5.91 Å². The second-order valence-corrected chi connectivity index (χ2v) is 6.96. The standard InChI is InChI=1S/C24H22N4O3/c1-16-4-6-17(7-5-16)22-15-25-27-28(22)19-10-8-18(9-11-19)24(29)26-21-14-20(30-2)12-13-23(21)31-3/h4-15H,1-3H3,(H,26,29). The van der Waals surface area contributed by atoms with Crippen molar-refractivity contribution in [1.29, 1.82) is 0 Å². The van der Waals surface area contributed by atoms with E-state index in [2.05, 4.69) is 15.6 Å². The monoisotopic (exact) mass is 414 g/mol. The molecule has 0 saturated carbocycles. The number of methoxy groups -OCH3 is 2. The van der Waals surface area contributed by atoms with Crippen LogP contribution in [0.25, 0.3) is 16.9 Å². The SMILES string of the molecule is COc1ccc(OC)c(NC(=O)c2ccc(-n3nncc3-c3ccc(C)cc3)cc2)c1. The Bertz CT molecular complexity index is 1200. The van der Waals surface area contributed by atoms with Crippen molar-refractivity contribution in [3.05, 3.63) is 84.1 Å². The number of anilines is 1. The normalized spacial score (nSPS) is 10.5. The summed E-state index contributed by atoms with van der Waals surface area (Å²) in [6.45, 7) is 2.05. The molecule has 0 aliphatic heterocycles. The molecule has 7 heteroatoms. The zero-order valence-corrected chi connectivity index (χ0v) is 17.5. The summed E-state index contributed by atoms with van der Waals surface area (Å²) in [6, 6.07) is 20.6. The molecule has 1 heterocycles. The molecule has 0 aliphatic carbocycles. The molecule has 1 amide bonds. The number of aromatic nitrogens is 3. The van der Waals surface area contributed by atoms with Crippen LogP contribution >= 0.6 is 0 Å². The number of nitrogens with zero attached hydrogens (tertiary/aromatic N) is 3. The maximum atomic E-state index is 12.8. The Balaban J connectivity index is 1.57. The van der Waals surface area contributed by atoms with E-state index in [-0.39, 0.29) is 5.91 Å². The highest BCUT2D eigenvalue weighted by Gasteiger charge is 2.13. The first kappa shape index (κ1) is 20.2. The predicted molar refractivity (Wildman–Crippen MR) is 119 cm³/mol. The van der Waals surface area contributed by atoms with Gasteiger partial charge in [-0.3, -0.25) is 4.79 Å². The van der Waals surface area contributed by atoms with E-state index in [1.807, 2.05) is 43.3 Å². The zero-order chi connectivity index (χ0) is 21.8. The Morgan fingerprint density at radius 2 is 1.68 bits per heavy atom. The molecule has 0 saturated heterocycles. The molecule has 0 bridgehead atoms. The minimum atomic E-state index is -0.254. The molecule has 0 spiro atoms. The molecule has 0 atom stereocenters. The first-order valence-electron chi connectivity index (χ1n) is 9.70. The van der Waals surface area contributed by atoms with Crippen LogP contribution in [-0.4, -0.2) is 35.1 Å². The Hall–Kier alpha value is -4.13. The van der Waals surface area contributed by atoms with Crippen LogP contribution in [0.5, 0.6) is 11.5 Å². The van der Waals surface area contributed by atoms with E-state index < -0.39 is 0 Å². The van der Waals surface area contributed by atoms with Crippen LogP contribution < -0.4 is 14.8 Å². The number of aryl methyl sites for hydroxylation is 1. The minimum absolute atomic E-state index is 0.254. The van der Waals surface area contributed by atoms with Gasteiger partial charge in [0.2, 0.25) is 0 Å². The maximum Gasteiger partial charge on any atom is 0.255 e. The van der Waals surface area contributed by atoms with Gasteiger partial charge in [0, 0.05) is 17.2 Å². The Kier molecular flexibility index (Phi) is 5.66. The number of amides is 1. The minimum Gasteiger partial charge on any atom is -0.497 e. The van der Waals surface area contributed by atoms with E-state index in [1.54, 1.807) is 55.4 Å². The van der Waals surface area contributed by atoms with Gasteiger partial charge in [0.15, 0.2) is 0 Å². The predicted octanol–water partition coefficient (Wildman–Crippen LogP) is 4.51. The molecule has 7 nitrogen and oxygen atoms in total. The summed E-state index contributed by atoms with van der Waals surface area (Å²) in [5.74, 6) is 0.924. The number of nitrogens with one attached hydrogen (secondary N) is 1. The third kappa shape index (κ3) is 4.25. The molecule has 0 radical (unpaired) electrons. The molecule has 4 rings (SSSR count). The summed E-state index contributed by atoms with van der Waals surface area (Å²) >= 11 is 0. The molecule has 156 valence electrons. The lowest BCUT2D eigenvalue weighted by Gasteiger charge is -2.12. The van der Waals surface area contributed by atoms with E-state index in [1.165, 1.54) is 5.56 Å². The van der Waals surface area contributed by atoms with Crippen molar-refractivity contribution in [2.75, 3.05) is 19.5 Å². The van der Waals surface area contributed by atoms with Crippen LogP contribution in [0, 0.1) is 6.92 Å². The molecular weight excluding hydrogens is 392 g/mol. The van der Waals surface area contributed by atoms with Gasteiger partial charge in [0.05, 0.1) is 37.5 Å². The summed E-state index contributed by atoms with van der Waals surface area (Å²) in [5.41, 5.74) is 4.93. The summed E-state index contributed by atoms with van der Waals surface area (Å²) in [4.78, 5) is 12.8. The summed E-state index contributed by atoms with van der Waals surface area (Å²) in [6.07, 6.45) is 1.72. The lowest BCUT2D eigenvalue weighted by Crippen LogP contribution is -2.13. The number of carbonyl (C=O) groups excluding carboxylic acids is 1. The number of ether oxygens (including phenoxy) is 2. The largest absolute Gasteiger partial charge is 0.497 e. The van der Waals surface area contributed by atoms with Gasteiger partial charge in [-0.25, -0.2) is 4.68 Å². The smallest absolute Gasteiger partial charge is 0.255 e. The van der Waals surface area contributed by atoms with Crippen LogP contribution in [0.3, 0.4) is 0 Å². The third-order valence-corrected chi connectivity index (χ3v) is 4.93. The van der Waals surface area contributed by atoms with Crippen molar-refractivity contribution in [2.24, 2.45) is 0 Å². The number of rotatable bonds is 6. The molecule has 4 aromatic rings. The van der Waals surface area contributed by atoms with E-state index in [0.29, 0.717) is 22.7 Å². The Labute approximate surface area is 180 Å². The molecule has 1 aromatic heterocycles. The number of benzene rings is 3. The number of hydrogen-bond acceptors (Lipinski definition) is 5. The second-order valence-electron chi connectivity index (χ2n) is 6.96. The van der Waals surface area contributed by atoms with Gasteiger partial charge in [-0.1, -0.05) is 35.0 Å². The van der Waals surface area contributed by atoms with Gasteiger partial charge >= 0.3 is 0 Å². The third-order valence-electron chi connectivity index (χ3n) is 4.93. The van der Waals surface area contributed by atoms with E-state index in [4.69, 9.17) is 9.47 Å². The molecule has 0 unspecified atom stereocenters. The van der Waals surface area contributed by atoms with E-state index in [9.17, 15) is 4.79 Å². The molecule has 31 heavy (non-hydrogen) atoms. The van der Waals surface area contributed by atoms with E-state index >= 15 is 0 Å². The fourth-order valence-electron chi connectivity index (χ4n) is 3.21. The molecule has 0 aliphatic rings. The van der Waals surface area contributed by atoms with Crippen LogP contribution in [0.2, 0.25) is 0 Å². The lowest BCUT2D eigenvalue weighted by atomic mass is 10.1. The number of carbonyl (C=O) groups is 1. The molecule has 0 fully saturated rings. The Morgan fingerprint density at radius 3 is 2.35 bits per heavy atom. The summed E-state index contributed by atoms with van der Waals surface area (Å²) < 4.78 is 12.3. The topological polar surface area (TPSA) is 78.3 Å². The fraction of sp³-hybridized carbons (Fsp3) is 0.125. The van der Waals surface area contributed by atoms with Crippen LogP contribution in [0.4, 0.5) is 5.69 Å². The van der Waals surface area contributed by atoms with Crippen LogP contribution in [0.15, 0.2) is 72.9 Å². The lowest BCUT2D eigenvalue weighted by molar-refractivity contribution is 0.102. The first-order chi connectivity index (χ1) is 15.1. The average Bonchev–Trinajstić information content (AvgIpc) is 3.29. The average molecular weight is 414 g/mol. The van der Waals surface area contributed by atoms with E-state index in [0.717, 1.165) is 16.9 Å². The maximum absolute atomic E-state index is 12.8. The van der Waals surface area contributed by atoms with Crippen molar-refractivity contribution >= 4 is 11.6 Å². The highest BCUT2D eigenvalue weighted by molar-refractivity contribution is 6.05. The van der Waals surface area contributed by atoms with Crippen molar-refractivity contribution < 1.29 is 14.3 Å². The van der Waals surface area contributed by atoms with Crippen molar-refractivity contribution in [1.82, 2.24) is 15.0 Å². The quantitative estimate of drug-likeness (QED) is 0.502. The van der Waals surface area contributed by atoms with Gasteiger partial charge < -0.3 is 14.8 Å². The summed E-state index contributed by atoms with van der Waals surface area (Å²) in [5, 5.41) is 11.1. The van der Waals surface area contributed by atoms with Crippen LogP contribution in [0.1, 0.15) is 15.9 Å². The molecular formula is C24H22N4O3. The first-order valence-corrected chi connectivity index (χ1v) is 9.70. The highest BCUT2D eigenvalue weighted by atomic mass is 16.5. The van der Waals surface area contributed by atoms with Crippen molar-refractivity contribution in [3.63, 3.8) is 0 Å². The van der Waals surface area contributed by atoms with Gasteiger partial charge in [0.1, 0.15) is 11.5 Å².